The smallest absolute Gasteiger partial charge is 0.202 e. The summed E-state index contributed by atoms with van der Waals surface area (Å²) < 4.78 is 9.94. The van der Waals surface area contributed by atoms with Crippen molar-refractivity contribution in [2.24, 2.45) is 0 Å². The Bertz CT molecular complexity index is 534. The number of nitrogens with one attached hydrogen (secondary N) is 1. The first-order chi connectivity index (χ1) is 9.54. The highest BCUT2D eigenvalue weighted by atomic mass is 32.1. The van der Waals surface area contributed by atoms with Gasteiger partial charge in [-0.05, 0) is 31.5 Å². The summed E-state index contributed by atoms with van der Waals surface area (Å²) in [5.41, 5.74) is 1.20. The lowest BCUT2D eigenvalue weighted by molar-refractivity contribution is 0.242. The van der Waals surface area contributed by atoms with E-state index in [1.807, 2.05) is 26.0 Å². The Hall–Kier alpha value is -1.62. The minimum Gasteiger partial charge on any atom is -0.491 e. The zero-order valence-electron chi connectivity index (χ0n) is 12.4. The molecule has 0 aliphatic carbocycles. The van der Waals surface area contributed by atoms with E-state index < -0.39 is 0 Å². The monoisotopic (exact) mass is 291 g/mol. The van der Waals surface area contributed by atoms with E-state index in [0.717, 1.165) is 23.3 Å². The fraction of sp³-hybridized carbons (Fsp3) is 0.467. The minimum absolute atomic E-state index is 0.204. The molecule has 20 heavy (non-hydrogen) atoms. The lowest BCUT2D eigenvalue weighted by Crippen LogP contribution is -2.05. The maximum Gasteiger partial charge on any atom is 0.202 e. The second-order valence-electron chi connectivity index (χ2n) is 5.28. The Morgan fingerprint density at radius 3 is 2.40 bits per heavy atom. The van der Waals surface area contributed by atoms with Crippen LogP contribution in [-0.4, -0.2) is 15.5 Å². The molecule has 1 N–H and O–H groups in total. The lowest BCUT2D eigenvalue weighted by Gasteiger charge is -2.10. The summed E-state index contributed by atoms with van der Waals surface area (Å²) in [4.78, 5) is 4.45. The van der Waals surface area contributed by atoms with Gasteiger partial charge in [0.05, 0.1) is 6.10 Å². The number of hydrogen-bond acceptors (Lipinski definition) is 5. The van der Waals surface area contributed by atoms with Crippen LogP contribution < -0.4 is 10.1 Å². The molecule has 0 saturated heterocycles. The molecule has 0 aliphatic heterocycles. The molecule has 0 spiro atoms. The van der Waals surface area contributed by atoms with E-state index in [2.05, 4.69) is 40.7 Å². The summed E-state index contributed by atoms with van der Waals surface area (Å²) in [6.45, 7) is 8.99. The molecule has 4 nitrogen and oxygen atoms in total. The van der Waals surface area contributed by atoms with Crippen LogP contribution >= 0.6 is 11.5 Å². The summed E-state index contributed by atoms with van der Waals surface area (Å²) in [6.07, 6.45) is 0.204. The van der Waals surface area contributed by atoms with E-state index in [1.54, 1.807) is 0 Å². The van der Waals surface area contributed by atoms with Gasteiger partial charge < -0.3 is 10.1 Å². The minimum atomic E-state index is 0.204. The van der Waals surface area contributed by atoms with Crippen molar-refractivity contribution in [2.75, 3.05) is 5.32 Å². The standard InChI is InChI=1S/C15H21N3OS/c1-10(2)14-17-15(20-18-14)16-9-12-5-7-13(8-6-12)19-11(3)4/h5-8,10-11H,9H2,1-4H3,(H,16,17,18). The van der Waals surface area contributed by atoms with Crippen LogP contribution in [0, 0.1) is 0 Å². The summed E-state index contributed by atoms with van der Waals surface area (Å²) in [5.74, 6) is 2.18. The molecule has 1 aromatic carbocycles. The maximum atomic E-state index is 5.62. The topological polar surface area (TPSA) is 47.0 Å². The number of rotatable bonds is 6. The van der Waals surface area contributed by atoms with Gasteiger partial charge in [-0.2, -0.15) is 4.37 Å². The normalized spacial score (nSPS) is 11.1. The molecule has 0 radical (unpaired) electrons. The molecule has 0 bridgehead atoms. The highest BCUT2D eigenvalue weighted by Gasteiger charge is 2.07. The molecule has 1 aromatic heterocycles. The molecular weight excluding hydrogens is 270 g/mol. The quantitative estimate of drug-likeness (QED) is 0.872. The largest absolute Gasteiger partial charge is 0.491 e. The fourth-order valence-corrected chi connectivity index (χ4v) is 2.38. The van der Waals surface area contributed by atoms with E-state index in [4.69, 9.17) is 4.74 Å². The van der Waals surface area contributed by atoms with Gasteiger partial charge in [0.2, 0.25) is 5.13 Å². The molecule has 5 heteroatoms. The third-order valence-electron chi connectivity index (χ3n) is 2.70. The fourth-order valence-electron chi connectivity index (χ4n) is 1.68. The predicted octanol–water partition coefficient (Wildman–Crippen LogP) is 4.06. The van der Waals surface area contributed by atoms with Crippen molar-refractivity contribution in [3.05, 3.63) is 35.7 Å². The first kappa shape index (κ1) is 14.8. The van der Waals surface area contributed by atoms with Gasteiger partial charge >= 0.3 is 0 Å². The Kier molecular flexibility index (Phi) is 4.95. The van der Waals surface area contributed by atoms with Gasteiger partial charge in [0, 0.05) is 24.0 Å². The van der Waals surface area contributed by atoms with E-state index in [9.17, 15) is 0 Å². The van der Waals surface area contributed by atoms with Crippen LogP contribution in [0.4, 0.5) is 5.13 Å². The molecule has 0 saturated carbocycles. The molecule has 2 aromatic rings. The summed E-state index contributed by atoms with van der Waals surface area (Å²) >= 11 is 1.41. The average molecular weight is 291 g/mol. The molecule has 0 atom stereocenters. The maximum absolute atomic E-state index is 5.62. The Morgan fingerprint density at radius 2 is 1.85 bits per heavy atom. The Morgan fingerprint density at radius 1 is 1.15 bits per heavy atom. The number of ether oxygens (including phenoxy) is 1. The van der Waals surface area contributed by atoms with Gasteiger partial charge in [-0.1, -0.05) is 26.0 Å². The lowest BCUT2D eigenvalue weighted by atomic mass is 10.2. The summed E-state index contributed by atoms with van der Waals surface area (Å²) in [7, 11) is 0. The number of aromatic nitrogens is 2. The van der Waals surface area contributed by atoms with Gasteiger partial charge in [-0.15, -0.1) is 0 Å². The van der Waals surface area contributed by atoms with Crippen molar-refractivity contribution in [3.63, 3.8) is 0 Å². The highest BCUT2D eigenvalue weighted by molar-refractivity contribution is 7.09. The van der Waals surface area contributed by atoms with Crippen LogP contribution in [0.15, 0.2) is 24.3 Å². The first-order valence-corrected chi connectivity index (χ1v) is 7.65. The summed E-state index contributed by atoms with van der Waals surface area (Å²) in [5, 5.41) is 4.17. The zero-order chi connectivity index (χ0) is 14.5. The highest BCUT2D eigenvalue weighted by Crippen LogP contribution is 2.19. The van der Waals surface area contributed by atoms with Crippen molar-refractivity contribution >= 4 is 16.7 Å². The summed E-state index contributed by atoms with van der Waals surface area (Å²) in [6, 6.07) is 8.12. The van der Waals surface area contributed by atoms with Crippen molar-refractivity contribution in [1.82, 2.24) is 9.36 Å². The van der Waals surface area contributed by atoms with Gasteiger partial charge in [0.1, 0.15) is 11.6 Å². The molecular formula is C15H21N3OS. The molecule has 0 fully saturated rings. The van der Waals surface area contributed by atoms with E-state index >= 15 is 0 Å². The molecule has 108 valence electrons. The van der Waals surface area contributed by atoms with Crippen molar-refractivity contribution in [3.8, 4) is 5.75 Å². The van der Waals surface area contributed by atoms with E-state index in [-0.39, 0.29) is 6.10 Å². The van der Waals surface area contributed by atoms with Gasteiger partial charge in [-0.3, -0.25) is 0 Å². The Balaban J connectivity index is 1.90. The van der Waals surface area contributed by atoms with Crippen molar-refractivity contribution in [2.45, 2.75) is 46.3 Å². The van der Waals surface area contributed by atoms with Crippen molar-refractivity contribution in [1.29, 1.82) is 0 Å². The number of benzene rings is 1. The molecule has 0 amide bonds. The van der Waals surface area contributed by atoms with E-state index in [0.29, 0.717) is 5.92 Å². The molecule has 0 aliphatic rings. The third-order valence-corrected chi connectivity index (χ3v) is 3.38. The first-order valence-electron chi connectivity index (χ1n) is 6.87. The SMILES string of the molecule is CC(C)Oc1ccc(CNc2nc(C(C)C)ns2)cc1. The Labute approximate surface area is 124 Å². The second kappa shape index (κ2) is 6.70. The average Bonchev–Trinajstić information content (AvgIpc) is 2.86. The van der Waals surface area contributed by atoms with Gasteiger partial charge in [0.25, 0.3) is 0 Å². The predicted molar refractivity (Wildman–Crippen MR) is 83.5 cm³/mol. The van der Waals surface area contributed by atoms with Crippen LogP contribution in [0.25, 0.3) is 0 Å². The van der Waals surface area contributed by atoms with Crippen molar-refractivity contribution < 1.29 is 4.74 Å². The number of nitrogens with zero attached hydrogens (tertiary/aromatic N) is 2. The van der Waals surface area contributed by atoms with Gasteiger partial charge in [-0.25, -0.2) is 4.98 Å². The molecule has 2 rings (SSSR count). The second-order valence-corrected chi connectivity index (χ2v) is 6.03. The van der Waals surface area contributed by atoms with Crippen LogP contribution in [-0.2, 0) is 6.54 Å². The zero-order valence-corrected chi connectivity index (χ0v) is 13.2. The molecule has 0 unspecified atom stereocenters. The molecule has 1 heterocycles. The van der Waals surface area contributed by atoms with Gasteiger partial charge in [0.15, 0.2) is 0 Å². The number of anilines is 1. The third kappa shape index (κ3) is 4.20. The van der Waals surface area contributed by atoms with Crippen LogP contribution in [0.2, 0.25) is 0 Å². The van der Waals surface area contributed by atoms with Crippen LogP contribution in [0.1, 0.15) is 45.0 Å². The van der Waals surface area contributed by atoms with Crippen LogP contribution in [0.3, 0.4) is 0 Å². The van der Waals surface area contributed by atoms with Crippen LogP contribution in [0.5, 0.6) is 5.75 Å². The number of hydrogen-bond donors (Lipinski definition) is 1. The van der Waals surface area contributed by atoms with E-state index in [1.165, 1.54) is 17.1 Å².